The first-order valence-corrected chi connectivity index (χ1v) is 10.1. The molecule has 2 aliphatic heterocycles. The van der Waals surface area contributed by atoms with Gasteiger partial charge >= 0.3 is 11.8 Å². The molecule has 1 saturated heterocycles. The van der Waals surface area contributed by atoms with E-state index in [0.29, 0.717) is 36.9 Å². The van der Waals surface area contributed by atoms with Crippen molar-refractivity contribution >= 4 is 17.5 Å². The van der Waals surface area contributed by atoms with Crippen LogP contribution in [0.3, 0.4) is 0 Å². The number of anilines is 1. The summed E-state index contributed by atoms with van der Waals surface area (Å²) in [5.74, 6) is 0.109. The number of ether oxygens (including phenoxy) is 2. The van der Waals surface area contributed by atoms with Crippen LogP contribution in [0.25, 0.3) is 0 Å². The van der Waals surface area contributed by atoms with Gasteiger partial charge in [-0.1, -0.05) is 29.3 Å². The van der Waals surface area contributed by atoms with E-state index in [4.69, 9.17) is 9.47 Å². The Kier molecular flexibility index (Phi) is 5.43. The monoisotopic (exact) mass is 394 g/mol. The van der Waals surface area contributed by atoms with E-state index >= 15 is 0 Å². The van der Waals surface area contributed by atoms with Crippen molar-refractivity contribution in [3.8, 4) is 11.5 Å². The molecule has 1 unspecified atom stereocenters. The van der Waals surface area contributed by atoms with Crippen molar-refractivity contribution in [3.63, 3.8) is 0 Å². The molecule has 1 fully saturated rings. The minimum Gasteiger partial charge on any atom is -0.490 e. The minimum absolute atomic E-state index is 0.0596. The minimum atomic E-state index is -0.629. The van der Waals surface area contributed by atoms with Crippen molar-refractivity contribution < 1.29 is 19.1 Å². The summed E-state index contributed by atoms with van der Waals surface area (Å²) in [6.45, 7) is 5.86. The van der Waals surface area contributed by atoms with Gasteiger partial charge in [0.2, 0.25) is 0 Å². The van der Waals surface area contributed by atoms with Crippen LogP contribution in [0.1, 0.15) is 42.0 Å². The average Bonchev–Trinajstić information content (AvgIpc) is 3.06. The van der Waals surface area contributed by atoms with Gasteiger partial charge in [0, 0.05) is 24.7 Å². The highest BCUT2D eigenvalue weighted by Gasteiger charge is 2.33. The van der Waals surface area contributed by atoms with Gasteiger partial charge < -0.3 is 19.7 Å². The van der Waals surface area contributed by atoms with Crippen LogP contribution in [-0.4, -0.2) is 36.5 Å². The number of carbonyl (C=O) groups is 2. The number of hydrogen-bond acceptors (Lipinski definition) is 4. The Balaban J connectivity index is 1.48. The van der Waals surface area contributed by atoms with Gasteiger partial charge in [0.15, 0.2) is 11.5 Å². The van der Waals surface area contributed by atoms with Crippen LogP contribution in [0.5, 0.6) is 11.5 Å². The molecule has 0 aliphatic carbocycles. The second-order valence-corrected chi connectivity index (χ2v) is 7.74. The van der Waals surface area contributed by atoms with E-state index in [-0.39, 0.29) is 6.04 Å². The lowest BCUT2D eigenvalue weighted by Crippen LogP contribution is -2.39. The van der Waals surface area contributed by atoms with Crippen molar-refractivity contribution in [1.82, 2.24) is 4.90 Å². The quantitative estimate of drug-likeness (QED) is 0.788. The summed E-state index contributed by atoms with van der Waals surface area (Å²) in [5, 5.41) is 2.72. The number of nitrogens with zero attached hydrogens (tertiary/aromatic N) is 1. The zero-order valence-electron chi connectivity index (χ0n) is 16.9. The van der Waals surface area contributed by atoms with Crippen LogP contribution in [0.2, 0.25) is 0 Å². The van der Waals surface area contributed by atoms with Crippen molar-refractivity contribution in [3.05, 3.63) is 53.1 Å². The van der Waals surface area contributed by atoms with Crippen molar-refractivity contribution in [2.75, 3.05) is 25.1 Å². The first-order chi connectivity index (χ1) is 14.0. The normalized spacial score (nSPS) is 18.3. The van der Waals surface area contributed by atoms with E-state index < -0.39 is 11.8 Å². The summed E-state index contributed by atoms with van der Waals surface area (Å²) in [6, 6.07) is 11.4. The number of aryl methyl sites for hydroxylation is 2. The zero-order chi connectivity index (χ0) is 20.4. The molecule has 0 saturated carbocycles. The lowest BCUT2D eigenvalue weighted by Gasteiger charge is -2.25. The standard InChI is InChI=1S/C23H26N2O4/c1-15-11-16(2)13-17(12-15)19-5-3-8-25(19)23(27)22(26)24-18-6-7-20-21(14-18)29-10-4-9-28-20/h6-7,11-14,19H,3-5,8-10H2,1-2H3,(H,24,26). The molecule has 2 aromatic rings. The van der Waals surface area contributed by atoms with Crippen molar-refractivity contribution in [2.45, 2.75) is 39.2 Å². The molecule has 2 amide bonds. The van der Waals surface area contributed by atoms with Gasteiger partial charge in [0.25, 0.3) is 0 Å². The Morgan fingerprint density at radius 1 is 0.966 bits per heavy atom. The Hall–Kier alpha value is -3.02. The molecule has 0 bridgehead atoms. The summed E-state index contributed by atoms with van der Waals surface area (Å²) in [6.07, 6.45) is 2.57. The first kappa shape index (κ1) is 19.3. The van der Waals surface area contributed by atoms with E-state index in [2.05, 4.69) is 37.4 Å². The second-order valence-electron chi connectivity index (χ2n) is 7.74. The van der Waals surface area contributed by atoms with Crippen LogP contribution >= 0.6 is 0 Å². The lowest BCUT2D eigenvalue weighted by molar-refractivity contribution is -0.143. The van der Waals surface area contributed by atoms with Gasteiger partial charge in [-0.3, -0.25) is 9.59 Å². The van der Waals surface area contributed by atoms with Crippen LogP contribution in [0, 0.1) is 13.8 Å². The second kappa shape index (κ2) is 8.15. The fraction of sp³-hybridized carbons (Fsp3) is 0.391. The molecule has 2 aromatic carbocycles. The smallest absolute Gasteiger partial charge is 0.313 e. The molecular weight excluding hydrogens is 368 g/mol. The van der Waals surface area contributed by atoms with Crippen molar-refractivity contribution in [2.24, 2.45) is 0 Å². The average molecular weight is 394 g/mol. The van der Waals surface area contributed by atoms with Crippen LogP contribution in [0.4, 0.5) is 5.69 Å². The van der Waals surface area contributed by atoms with Gasteiger partial charge in [-0.25, -0.2) is 0 Å². The van der Waals surface area contributed by atoms with Crippen molar-refractivity contribution in [1.29, 1.82) is 0 Å². The van der Waals surface area contributed by atoms with Crippen LogP contribution in [0.15, 0.2) is 36.4 Å². The highest BCUT2D eigenvalue weighted by atomic mass is 16.5. The Labute approximate surface area is 170 Å². The summed E-state index contributed by atoms with van der Waals surface area (Å²) in [7, 11) is 0. The van der Waals surface area contributed by atoms with Gasteiger partial charge in [0.1, 0.15) is 0 Å². The van der Waals surface area contributed by atoms with Crippen LogP contribution < -0.4 is 14.8 Å². The number of fused-ring (bicyclic) bond motifs is 1. The highest BCUT2D eigenvalue weighted by Crippen LogP contribution is 2.34. The molecule has 1 N–H and O–H groups in total. The summed E-state index contributed by atoms with van der Waals surface area (Å²) in [4.78, 5) is 27.3. The van der Waals surface area contributed by atoms with Crippen LogP contribution in [-0.2, 0) is 9.59 Å². The summed E-state index contributed by atoms with van der Waals surface area (Å²) in [5.41, 5.74) is 3.94. The van der Waals surface area contributed by atoms with Gasteiger partial charge in [0.05, 0.1) is 19.3 Å². The molecule has 1 atom stereocenters. The molecule has 6 nitrogen and oxygen atoms in total. The molecule has 2 heterocycles. The molecule has 0 aromatic heterocycles. The molecule has 152 valence electrons. The van der Waals surface area contributed by atoms with E-state index in [9.17, 15) is 9.59 Å². The topological polar surface area (TPSA) is 67.9 Å². The maximum Gasteiger partial charge on any atom is 0.313 e. The van der Waals surface area contributed by atoms with E-state index in [1.54, 1.807) is 23.1 Å². The van der Waals surface area contributed by atoms with E-state index in [0.717, 1.165) is 36.0 Å². The first-order valence-electron chi connectivity index (χ1n) is 10.1. The molecule has 4 rings (SSSR count). The molecule has 0 spiro atoms. The number of likely N-dealkylation sites (tertiary alicyclic amines) is 1. The van der Waals surface area contributed by atoms with E-state index in [1.165, 1.54) is 0 Å². The number of amides is 2. The number of benzene rings is 2. The number of nitrogens with one attached hydrogen (secondary N) is 1. The predicted molar refractivity (Wildman–Crippen MR) is 110 cm³/mol. The summed E-state index contributed by atoms with van der Waals surface area (Å²) >= 11 is 0. The third-order valence-corrected chi connectivity index (χ3v) is 5.34. The van der Waals surface area contributed by atoms with Gasteiger partial charge in [-0.15, -0.1) is 0 Å². The number of hydrogen-bond donors (Lipinski definition) is 1. The molecule has 2 aliphatic rings. The lowest BCUT2D eigenvalue weighted by atomic mass is 9.99. The molecule has 29 heavy (non-hydrogen) atoms. The largest absolute Gasteiger partial charge is 0.490 e. The predicted octanol–water partition coefficient (Wildman–Crippen LogP) is 3.77. The number of rotatable bonds is 2. The van der Waals surface area contributed by atoms with Gasteiger partial charge in [-0.05, 0) is 44.4 Å². The number of carbonyl (C=O) groups excluding carboxylic acids is 2. The molecular formula is C23H26N2O4. The third kappa shape index (κ3) is 4.21. The summed E-state index contributed by atoms with van der Waals surface area (Å²) < 4.78 is 11.3. The third-order valence-electron chi connectivity index (χ3n) is 5.34. The fourth-order valence-corrected chi connectivity index (χ4v) is 4.11. The van der Waals surface area contributed by atoms with Gasteiger partial charge in [-0.2, -0.15) is 0 Å². The Morgan fingerprint density at radius 3 is 2.45 bits per heavy atom. The Bertz CT molecular complexity index is 920. The maximum atomic E-state index is 12.9. The molecule has 0 radical (unpaired) electrons. The maximum absolute atomic E-state index is 12.9. The molecule has 6 heteroatoms. The zero-order valence-corrected chi connectivity index (χ0v) is 16.9. The SMILES string of the molecule is Cc1cc(C)cc(C2CCCN2C(=O)C(=O)Nc2ccc3c(c2)OCCCO3)c1. The van der Waals surface area contributed by atoms with E-state index in [1.807, 2.05) is 0 Å². The fourth-order valence-electron chi connectivity index (χ4n) is 4.11. The Morgan fingerprint density at radius 2 is 1.69 bits per heavy atom. The highest BCUT2D eigenvalue weighted by molar-refractivity contribution is 6.39.